The largest absolute Gasteiger partial charge is 0.507 e. The van der Waals surface area contributed by atoms with E-state index >= 15 is 0 Å². The first-order valence-corrected chi connectivity index (χ1v) is 10.4. The Hall–Kier alpha value is -4.44. The van der Waals surface area contributed by atoms with E-state index in [1.165, 1.54) is 6.07 Å². The zero-order valence-corrected chi connectivity index (χ0v) is 17.2. The van der Waals surface area contributed by atoms with Crippen molar-refractivity contribution in [2.24, 2.45) is 0 Å². The molecule has 0 amide bonds. The standard InChI is InChI=1S/C28H20N2O2/c31-24-19-11-10-18-23(24)28(32)27-25(20-12-4-1-5-13-20)26(21-14-6-2-7-15-21)29-30(27)22-16-8-3-9-17-22/h1-19,31H. The fourth-order valence-electron chi connectivity index (χ4n) is 3.85. The number of para-hydroxylation sites is 2. The van der Waals surface area contributed by atoms with Crippen molar-refractivity contribution in [3.63, 3.8) is 0 Å². The number of nitrogens with zero attached hydrogens (tertiary/aromatic N) is 2. The van der Waals surface area contributed by atoms with Crippen LogP contribution in [-0.2, 0) is 0 Å². The molecule has 0 fully saturated rings. The summed E-state index contributed by atoms with van der Waals surface area (Å²) < 4.78 is 1.68. The highest BCUT2D eigenvalue weighted by molar-refractivity contribution is 6.15. The van der Waals surface area contributed by atoms with E-state index in [2.05, 4.69) is 0 Å². The second-order valence-corrected chi connectivity index (χ2v) is 7.40. The molecule has 32 heavy (non-hydrogen) atoms. The van der Waals surface area contributed by atoms with Crippen molar-refractivity contribution in [1.29, 1.82) is 0 Å². The minimum atomic E-state index is -0.291. The molecule has 0 unspecified atom stereocenters. The summed E-state index contributed by atoms with van der Waals surface area (Å²) in [5.41, 5.74) is 4.64. The van der Waals surface area contributed by atoms with Gasteiger partial charge in [-0.2, -0.15) is 5.10 Å². The predicted molar refractivity (Wildman–Crippen MR) is 126 cm³/mol. The number of aromatic hydroxyl groups is 1. The highest BCUT2D eigenvalue weighted by atomic mass is 16.3. The topological polar surface area (TPSA) is 55.1 Å². The van der Waals surface area contributed by atoms with Gasteiger partial charge >= 0.3 is 0 Å². The second kappa shape index (κ2) is 8.36. The minimum Gasteiger partial charge on any atom is -0.507 e. The first-order valence-electron chi connectivity index (χ1n) is 10.4. The van der Waals surface area contributed by atoms with Gasteiger partial charge in [0.25, 0.3) is 0 Å². The SMILES string of the molecule is O=C(c1ccccc1O)c1c(-c2ccccc2)c(-c2ccccc2)nn1-c1ccccc1. The quantitative estimate of drug-likeness (QED) is 0.350. The number of hydrogen-bond donors (Lipinski definition) is 1. The summed E-state index contributed by atoms with van der Waals surface area (Å²) in [6, 6.07) is 35.8. The van der Waals surface area contributed by atoms with Crippen LogP contribution in [0.4, 0.5) is 0 Å². The maximum Gasteiger partial charge on any atom is 0.215 e. The first kappa shape index (κ1) is 19.5. The Labute approximate surface area is 186 Å². The number of phenols is 1. The molecule has 0 spiro atoms. The van der Waals surface area contributed by atoms with Gasteiger partial charge in [0.05, 0.1) is 11.3 Å². The molecule has 4 aromatic carbocycles. The van der Waals surface area contributed by atoms with Gasteiger partial charge in [-0.1, -0.05) is 91.0 Å². The van der Waals surface area contributed by atoms with Crippen molar-refractivity contribution >= 4 is 5.78 Å². The molecule has 0 atom stereocenters. The molecule has 0 bridgehead atoms. The van der Waals surface area contributed by atoms with Crippen molar-refractivity contribution in [2.45, 2.75) is 0 Å². The van der Waals surface area contributed by atoms with Crippen molar-refractivity contribution in [3.8, 4) is 33.8 Å². The molecular formula is C28H20N2O2. The van der Waals surface area contributed by atoms with Crippen LogP contribution in [0.15, 0.2) is 115 Å². The van der Waals surface area contributed by atoms with Gasteiger partial charge in [-0.3, -0.25) is 4.79 Å². The molecule has 4 heteroatoms. The van der Waals surface area contributed by atoms with Crippen molar-refractivity contribution in [3.05, 3.63) is 127 Å². The average molecular weight is 416 g/mol. The lowest BCUT2D eigenvalue weighted by Gasteiger charge is -2.11. The van der Waals surface area contributed by atoms with E-state index in [9.17, 15) is 9.90 Å². The summed E-state index contributed by atoms with van der Waals surface area (Å²) >= 11 is 0. The fraction of sp³-hybridized carbons (Fsp3) is 0. The first-order chi connectivity index (χ1) is 15.7. The summed E-state index contributed by atoms with van der Waals surface area (Å²) in [6.07, 6.45) is 0. The van der Waals surface area contributed by atoms with E-state index in [4.69, 9.17) is 5.10 Å². The Morgan fingerprint density at radius 1 is 0.656 bits per heavy atom. The monoisotopic (exact) mass is 416 g/mol. The lowest BCUT2D eigenvalue weighted by molar-refractivity contribution is 0.103. The number of aromatic nitrogens is 2. The van der Waals surface area contributed by atoms with Gasteiger partial charge in [-0.05, 0) is 29.8 Å². The van der Waals surface area contributed by atoms with Crippen LogP contribution >= 0.6 is 0 Å². The Bertz CT molecular complexity index is 1380. The fourth-order valence-corrected chi connectivity index (χ4v) is 3.85. The van der Waals surface area contributed by atoms with Gasteiger partial charge in [-0.25, -0.2) is 4.68 Å². The molecule has 0 aliphatic carbocycles. The van der Waals surface area contributed by atoms with E-state index in [1.54, 1.807) is 22.9 Å². The van der Waals surface area contributed by atoms with Crippen LogP contribution in [0.2, 0.25) is 0 Å². The molecule has 0 aliphatic heterocycles. The second-order valence-electron chi connectivity index (χ2n) is 7.40. The minimum absolute atomic E-state index is 0.0569. The third-order valence-corrected chi connectivity index (χ3v) is 5.36. The summed E-state index contributed by atoms with van der Waals surface area (Å²) in [5, 5.41) is 15.4. The zero-order chi connectivity index (χ0) is 21.9. The smallest absolute Gasteiger partial charge is 0.215 e. The summed E-state index contributed by atoms with van der Waals surface area (Å²) in [5.74, 6) is -0.348. The average Bonchev–Trinajstić information content (AvgIpc) is 3.26. The third kappa shape index (κ3) is 3.48. The Balaban J connectivity index is 1.87. The Kier molecular flexibility index (Phi) is 5.10. The van der Waals surface area contributed by atoms with Gasteiger partial charge in [-0.15, -0.1) is 0 Å². The molecule has 5 rings (SSSR count). The molecule has 0 radical (unpaired) electrons. The summed E-state index contributed by atoms with van der Waals surface area (Å²) in [7, 11) is 0. The lowest BCUT2D eigenvalue weighted by atomic mass is 9.95. The Morgan fingerprint density at radius 2 is 1.19 bits per heavy atom. The van der Waals surface area contributed by atoms with Crippen molar-refractivity contribution in [1.82, 2.24) is 9.78 Å². The number of carbonyl (C=O) groups is 1. The highest BCUT2D eigenvalue weighted by Crippen LogP contribution is 2.37. The van der Waals surface area contributed by atoms with Crippen LogP contribution < -0.4 is 0 Å². The maximum atomic E-state index is 13.9. The van der Waals surface area contributed by atoms with E-state index in [1.807, 2.05) is 91.0 Å². The molecular weight excluding hydrogens is 396 g/mol. The van der Waals surface area contributed by atoms with Gasteiger partial charge in [0.1, 0.15) is 17.1 Å². The molecule has 154 valence electrons. The molecule has 1 N–H and O–H groups in total. The third-order valence-electron chi connectivity index (χ3n) is 5.36. The molecule has 4 nitrogen and oxygen atoms in total. The van der Waals surface area contributed by atoms with Crippen molar-refractivity contribution < 1.29 is 9.90 Å². The summed E-state index contributed by atoms with van der Waals surface area (Å²) in [6.45, 7) is 0. The zero-order valence-electron chi connectivity index (χ0n) is 17.2. The highest BCUT2D eigenvalue weighted by Gasteiger charge is 2.28. The van der Waals surface area contributed by atoms with E-state index in [0.717, 1.165) is 22.4 Å². The van der Waals surface area contributed by atoms with Crippen LogP contribution in [-0.4, -0.2) is 20.7 Å². The number of hydrogen-bond acceptors (Lipinski definition) is 3. The van der Waals surface area contributed by atoms with Gasteiger partial charge < -0.3 is 5.11 Å². The summed E-state index contributed by atoms with van der Waals surface area (Å²) in [4.78, 5) is 13.9. The number of rotatable bonds is 5. The van der Waals surface area contributed by atoms with Crippen LogP contribution in [0, 0.1) is 0 Å². The lowest BCUT2D eigenvalue weighted by Crippen LogP contribution is -2.11. The molecule has 0 saturated carbocycles. The van der Waals surface area contributed by atoms with Crippen LogP contribution in [0.1, 0.15) is 16.1 Å². The molecule has 1 heterocycles. The van der Waals surface area contributed by atoms with Crippen LogP contribution in [0.5, 0.6) is 5.75 Å². The molecule has 0 aliphatic rings. The number of benzene rings is 4. The number of phenolic OH excluding ortho intramolecular Hbond substituents is 1. The maximum absolute atomic E-state index is 13.9. The predicted octanol–water partition coefficient (Wildman–Crippen LogP) is 6.14. The van der Waals surface area contributed by atoms with E-state index in [-0.39, 0.29) is 17.1 Å². The molecule has 0 saturated heterocycles. The van der Waals surface area contributed by atoms with Crippen molar-refractivity contribution in [2.75, 3.05) is 0 Å². The number of ketones is 1. The van der Waals surface area contributed by atoms with Crippen LogP contribution in [0.25, 0.3) is 28.1 Å². The number of carbonyl (C=O) groups excluding carboxylic acids is 1. The molecule has 5 aromatic rings. The normalized spacial score (nSPS) is 10.8. The van der Waals surface area contributed by atoms with Gasteiger partial charge in [0.15, 0.2) is 0 Å². The Morgan fingerprint density at radius 3 is 1.81 bits per heavy atom. The van der Waals surface area contributed by atoms with E-state index < -0.39 is 0 Å². The van der Waals surface area contributed by atoms with Gasteiger partial charge in [0.2, 0.25) is 5.78 Å². The molecule has 1 aromatic heterocycles. The van der Waals surface area contributed by atoms with Crippen LogP contribution in [0.3, 0.4) is 0 Å². The van der Waals surface area contributed by atoms with Gasteiger partial charge in [0, 0.05) is 11.1 Å². The van der Waals surface area contributed by atoms with E-state index in [0.29, 0.717) is 11.4 Å².